The van der Waals surface area contributed by atoms with Gasteiger partial charge in [-0.15, -0.1) is 0 Å². The normalized spacial score (nSPS) is 15.5. The molecule has 12 heteroatoms. The monoisotopic (exact) mass is 499 g/mol. The third-order valence-corrected chi connectivity index (χ3v) is 8.19. The highest BCUT2D eigenvalue weighted by Gasteiger charge is 2.26. The minimum absolute atomic E-state index is 0.0688. The van der Waals surface area contributed by atoms with Crippen LogP contribution < -0.4 is 5.32 Å². The summed E-state index contributed by atoms with van der Waals surface area (Å²) in [5, 5.41) is 2.64. The van der Waals surface area contributed by atoms with Gasteiger partial charge >= 0.3 is 0 Å². The number of sulfonamides is 2. The second-order valence-corrected chi connectivity index (χ2v) is 11.5. The zero-order valence-electron chi connectivity index (χ0n) is 18.1. The van der Waals surface area contributed by atoms with Gasteiger partial charge in [-0.05, 0) is 35.4 Å². The van der Waals surface area contributed by atoms with Crippen molar-refractivity contribution < 1.29 is 30.8 Å². The quantitative estimate of drug-likeness (QED) is 0.549. The van der Waals surface area contributed by atoms with Gasteiger partial charge in [-0.25, -0.2) is 21.2 Å². The molecule has 9 nitrogen and oxygen atoms in total. The Labute approximate surface area is 193 Å². The summed E-state index contributed by atoms with van der Waals surface area (Å²) in [6, 6.07) is 11.5. The van der Waals surface area contributed by atoms with Crippen molar-refractivity contribution in [1.82, 2.24) is 13.9 Å². The number of nitrogens with zero attached hydrogens (tertiary/aromatic N) is 2. The largest absolute Gasteiger partial charge is 0.379 e. The van der Waals surface area contributed by atoms with E-state index in [1.807, 2.05) is 0 Å². The maximum atomic E-state index is 13.1. The van der Waals surface area contributed by atoms with Crippen LogP contribution in [0.3, 0.4) is 0 Å². The first kappa shape index (κ1) is 25.2. The van der Waals surface area contributed by atoms with Gasteiger partial charge in [0.05, 0.1) is 30.9 Å². The number of morpholine rings is 1. The molecule has 1 fully saturated rings. The van der Waals surface area contributed by atoms with Gasteiger partial charge in [0.25, 0.3) is 0 Å². The molecule has 1 aliphatic heterocycles. The second-order valence-electron chi connectivity index (χ2n) is 7.59. The van der Waals surface area contributed by atoms with E-state index in [1.54, 1.807) is 12.1 Å². The van der Waals surface area contributed by atoms with Gasteiger partial charge in [0.1, 0.15) is 5.82 Å². The van der Waals surface area contributed by atoms with Crippen LogP contribution in [-0.2, 0) is 42.7 Å². The van der Waals surface area contributed by atoms with Crippen molar-refractivity contribution >= 4 is 26.0 Å². The van der Waals surface area contributed by atoms with E-state index in [0.717, 1.165) is 10.6 Å². The summed E-state index contributed by atoms with van der Waals surface area (Å²) in [6.07, 6.45) is 0.997. The standard InChI is InChI=1S/C21H26FN3O6S2/c1-32(27,28)25(15-18-2-6-19(22)7-3-18)16-21(26)23-14-17-4-8-20(9-5-17)33(29,30)24-10-12-31-13-11-24/h2-9H,10-16H2,1H3,(H,23,26). The summed E-state index contributed by atoms with van der Waals surface area (Å²) in [5.74, 6) is -0.960. The molecule has 1 amide bonds. The van der Waals surface area contributed by atoms with E-state index in [4.69, 9.17) is 4.74 Å². The highest BCUT2D eigenvalue weighted by atomic mass is 32.2. The van der Waals surface area contributed by atoms with Gasteiger partial charge in [-0.3, -0.25) is 4.79 Å². The molecule has 0 saturated carbocycles. The predicted molar refractivity (Wildman–Crippen MR) is 120 cm³/mol. The summed E-state index contributed by atoms with van der Waals surface area (Å²) in [5.41, 5.74) is 1.21. The number of benzene rings is 2. The Balaban J connectivity index is 1.58. The molecule has 0 bridgehead atoms. The molecule has 2 aromatic rings. The van der Waals surface area contributed by atoms with Crippen molar-refractivity contribution in [2.24, 2.45) is 0 Å². The van der Waals surface area contributed by atoms with E-state index in [2.05, 4.69) is 5.32 Å². The molecule has 0 unspecified atom stereocenters. The number of halogens is 1. The van der Waals surface area contributed by atoms with Gasteiger partial charge in [0.2, 0.25) is 26.0 Å². The number of rotatable bonds is 9. The molecule has 1 saturated heterocycles. The van der Waals surface area contributed by atoms with Crippen LogP contribution in [0.2, 0.25) is 0 Å². The first-order valence-corrected chi connectivity index (χ1v) is 13.5. The number of carbonyl (C=O) groups is 1. The lowest BCUT2D eigenvalue weighted by Gasteiger charge is -2.26. The minimum Gasteiger partial charge on any atom is -0.379 e. The number of hydrogen-bond acceptors (Lipinski definition) is 6. The molecule has 0 aliphatic carbocycles. The summed E-state index contributed by atoms with van der Waals surface area (Å²) in [4.78, 5) is 12.5. The summed E-state index contributed by atoms with van der Waals surface area (Å²) < 4.78 is 70.1. The Bertz CT molecular complexity index is 1160. The second kappa shape index (κ2) is 10.7. The van der Waals surface area contributed by atoms with Gasteiger partial charge in [0.15, 0.2) is 0 Å². The Kier molecular flexibility index (Phi) is 8.19. The zero-order chi connectivity index (χ0) is 24.1. The first-order valence-electron chi connectivity index (χ1n) is 10.2. The van der Waals surface area contributed by atoms with Crippen LogP contribution in [0.1, 0.15) is 11.1 Å². The van der Waals surface area contributed by atoms with Crippen molar-refractivity contribution in [2.75, 3.05) is 39.1 Å². The van der Waals surface area contributed by atoms with E-state index in [-0.39, 0.29) is 18.0 Å². The SMILES string of the molecule is CS(=O)(=O)N(CC(=O)NCc1ccc(S(=O)(=O)N2CCOCC2)cc1)Cc1ccc(F)cc1. The van der Waals surface area contributed by atoms with E-state index >= 15 is 0 Å². The third-order valence-electron chi connectivity index (χ3n) is 5.08. The molecule has 3 rings (SSSR count). The van der Waals surface area contributed by atoms with Crippen molar-refractivity contribution in [2.45, 2.75) is 18.0 Å². The highest BCUT2D eigenvalue weighted by molar-refractivity contribution is 7.89. The molecule has 0 radical (unpaired) electrons. The van der Waals surface area contributed by atoms with Crippen LogP contribution in [0, 0.1) is 5.82 Å². The van der Waals surface area contributed by atoms with Crippen LogP contribution in [0.4, 0.5) is 4.39 Å². The van der Waals surface area contributed by atoms with Gasteiger partial charge < -0.3 is 10.1 Å². The maximum Gasteiger partial charge on any atom is 0.243 e. The van der Waals surface area contributed by atoms with Crippen LogP contribution in [0.15, 0.2) is 53.4 Å². The summed E-state index contributed by atoms with van der Waals surface area (Å²) in [6.45, 7) is 0.943. The Morgan fingerprint density at radius 2 is 1.58 bits per heavy atom. The molecule has 0 spiro atoms. The lowest BCUT2D eigenvalue weighted by molar-refractivity contribution is -0.121. The van der Waals surface area contributed by atoms with Gasteiger partial charge in [-0.2, -0.15) is 8.61 Å². The fraction of sp³-hybridized carbons (Fsp3) is 0.381. The molecule has 180 valence electrons. The first-order chi connectivity index (χ1) is 15.6. The molecule has 1 heterocycles. The Morgan fingerprint density at radius 3 is 2.15 bits per heavy atom. The lowest BCUT2D eigenvalue weighted by atomic mass is 10.2. The Hall–Kier alpha value is -2.38. The fourth-order valence-electron chi connectivity index (χ4n) is 3.22. The number of nitrogens with one attached hydrogen (secondary N) is 1. The number of carbonyl (C=O) groups excluding carboxylic acids is 1. The van der Waals surface area contributed by atoms with Crippen LogP contribution in [-0.4, -0.2) is 70.5 Å². The zero-order valence-corrected chi connectivity index (χ0v) is 19.7. The molecule has 1 N–H and O–H groups in total. The number of hydrogen-bond donors (Lipinski definition) is 1. The smallest absolute Gasteiger partial charge is 0.243 e. The molecular weight excluding hydrogens is 473 g/mol. The molecular formula is C21H26FN3O6S2. The minimum atomic E-state index is -3.69. The number of ether oxygens (including phenoxy) is 1. The molecule has 2 aromatic carbocycles. The van der Waals surface area contributed by atoms with Gasteiger partial charge in [0, 0.05) is 26.2 Å². The highest BCUT2D eigenvalue weighted by Crippen LogP contribution is 2.18. The van der Waals surface area contributed by atoms with Gasteiger partial charge in [-0.1, -0.05) is 24.3 Å². The van der Waals surface area contributed by atoms with E-state index in [1.165, 1.54) is 40.7 Å². The molecule has 1 aliphatic rings. The van der Waals surface area contributed by atoms with Crippen LogP contribution in [0.25, 0.3) is 0 Å². The predicted octanol–water partition coefficient (Wildman–Crippen LogP) is 0.925. The summed E-state index contributed by atoms with van der Waals surface area (Å²) >= 11 is 0. The Morgan fingerprint density at radius 1 is 1.00 bits per heavy atom. The summed E-state index contributed by atoms with van der Waals surface area (Å²) in [7, 11) is -7.29. The van der Waals surface area contributed by atoms with E-state index in [0.29, 0.717) is 37.4 Å². The third kappa shape index (κ3) is 7.05. The average molecular weight is 500 g/mol. The average Bonchev–Trinajstić information content (AvgIpc) is 2.79. The maximum absolute atomic E-state index is 13.1. The number of amides is 1. The van der Waals surface area contributed by atoms with E-state index < -0.39 is 38.3 Å². The fourth-order valence-corrected chi connectivity index (χ4v) is 5.36. The van der Waals surface area contributed by atoms with Crippen molar-refractivity contribution in [1.29, 1.82) is 0 Å². The molecule has 0 aromatic heterocycles. The van der Waals surface area contributed by atoms with Crippen LogP contribution in [0.5, 0.6) is 0 Å². The van der Waals surface area contributed by atoms with Crippen molar-refractivity contribution in [3.05, 3.63) is 65.5 Å². The van der Waals surface area contributed by atoms with Crippen molar-refractivity contribution in [3.63, 3.8) is 0 Å². The molecule has 33 heavy (non-hydrogen) atoms. The van der Waals surface area contributed by atoms with Crippen molar-refractivity contribution in [3.8, 4) is 0 Å². The molecule has 0 atom stereocenters. The topological polar surface area (TPSA) is 113 Å². The lowest BCUT2D eigenvalue weighted by Crippen LogP contribution is -2.40. The van der Waals surface area contributed by atoms with Crippen LogP contribution >= 0.6 is 0 Å². The van der Waals surface area contributed by atoms with E-state index in [9.17, 15) is 26.0 Å².